The van der Waals surface area contributed by atoms with Gasteiger partial charge >= 0.3 is 12.0 Å². The highest BCUT2D eigenvalue weighted by Crippen LogP contribution is 2.34. The highest BCUT2D eigenvalue weighted by molar-refractivity contribution is 6.40. The molecule has 10 heteroatoms. The number of esters is 1. The van der Waals surface area contributed by atoms with Gasteiger partial charge in [0.2, 0.25) is 0 Å². The molecular formula is C31H32Cl2N4O4. The maximum Gasteiger partial charge on any atom is 0.330 e. The molecule has 0 aromatic heterocycles. The number of benzene rings is 3. The van der Waals surface area contributed by atoms with E-state index in [2.05, 4.69) is 26.9 Å². The maximum absolute atomic E-state index is 13.5. The average Bonchev–Trinajstić information content (AvgIpc) is 3.36. The molecule has 1 aliphatic heterocycles. The van der Waals surface area contributed by atoms with Gasteiger partial charge in [-0.25, -0.2) is 9.59 Å². The average molecular weight is 596 g/mol. The zero-order valence-corrected chi connectivity index (χ0v) is 24.2. The van der Waals surface area contributed by atoms with E-state index in [1.165, 1.54) is 5.56 Å². The molecular weight excluding hydrogens is 563 g/mol. The van der Waals surface area contributed by atoms with Crippen molar-refractivity contribution in [2.75, 3.05) is 20.1 Å². The number of rotatable bonds is 8. The Bertz CT molecular complexity index is 1450. The Labute approximate surface area is 249 Å². The molecule has 3 aromatic carbocycles. The van der Waals surface area contributed by atoms with Crippen LogP contribution < -0.4 is 16.0 Å². The summed E-state index contributed by atoms with van der Waals surface area (Å²) in [6.07, 6.45) is 2.35. The monoisotopic (exact) mass is 594 g/mol. The summed E-state index contributed by atoms with van der Waals surface area (Å²) in [4.78, 5) is 41.6. The molecule has 0 bridgehead atoms. The number of amides is 3. The first-order valence-corrected chi connectivity index (χ1v) is 14.4. The quantitative estimate of drug-likeness (QED) is 0.325. The Morgan fingerprint density at radius 1 is 1.02 bits per heavy atom. The van der Waals surface area contributed by atoms with Gasteiger partial charge in [0.1, 0.15) is 12.6 Å². The zero-order chi connectivity index (χ0) is 28.9. The van der Waals surface area contributed by atoms with Crippen LogP contribution in [0.15, 0.2) is 60.7 Å². The standard InChI is InChI=1S/C31H32Cl2N4O4/c1-37-14-13-23-21(17-37)15-24(32)27(28(23)33)29(38)35-26(30(39)41-18-19-7-3-2-4-8-19)16-34-31(40)36-25-12-11-20-9-5-6-10-22(20)25/h2-10,15,25-26H,11-14,16-18H2,1H3,(H,35,38)(H2,34,36,40)/t25-,26+/m1/s1. The van der Waals surface area contributed by atoms with Crippen LogP contribution >= 0.6 is 23.2 Å². The molecule has 0 spiro atoms. The first-order valence-electron chi connectivity index (χ1n) is 13.6. The number of hydrogen-bond donors (Lipinski definition) is 3. The minimum Gasteiger partial charge on any atom is -0.459 e. The topological polar surface area (TPSA) is 99.8 Å². The van der Waals surface area contributed by atoms with Crippen molar-refractivity contribution >= 4 is 41.1 Å². The molecule has 3 amide bonds. The largest absolute Gasteiger partial charge is 0.459 e. The van der Waals surface area contributed by atoms with Gasteiger partial charge in [-0.15, -0.1) is 0 Å². The van der Waals surface area contributed by atoms with Gasteiger partial charge in [-0.2, -0.15) is 0 Å². The molecule has 0 radical (unpaired) electrons. The van der Waals surface area contributed by atoms with Crippen LogP contribution in [0.2, 0.25) is 10.0 Å². The maximum atomic E-state index is 13.5. The van der Waals surface area contributed by atoms with E-state index in [0.717, 1.165) is 41.6 Å². The third-order valence-electron chi connectivity index (χ3n) is 7.54. The van der Waals surface area contributed by atoms with Crippen LogP contribution in [0.3, 0.4) is 0 Å². The second-order valence-electron chi connectivity index (χ2n) is 10.4. The molecule has 1 heterocycles. The van der Waals surface area contributed by atoms with Gasteiger partial charge in [-0.3, -0.25) is 4.79 Å². The summed E-state index contributed by atoms with van der Waals surface area (Å²) in [5, 5.41) is 8.86. The molecule has 41 heavy (non-hydrogen) atoms. The van der Waals surface area contributed by atoms with E-state index in [1.807, 2.05) is 55.6 Å². The zero-order valence-electron chi connectivity index (χ0n) is 22.7. The van der Waals surface area contributed by atoms with E-state index in [4.69, 9.17) is 27.9 Å². The van der Waals surface area contributed by atoms with Gasteiger partial charge in [-0.1, -0.05) is 77.8 Å². The lowest BCUT2D eigenvalue weighted by atomic mass is 9.96. The molecule has 3 N–H and O–H groups in total. The van der Waals surface area contributed by atoms with Crippen LogP contribution in [-0.4, -0.2) is 49.0 Å². The number of hydrogen-bond acceptors (Lipinski definition) is 5. The van der Waals surface area contributed by atoms with Crippen molar-refractivity contribution in [1.82, 2.24) is 20.9 Å². The van der Waals surface area contributed by atoms with Crippen molar-refractivity contribution in [2.24, 2.45) is 0 Å². The molecule has 8 nitrogen and oxygen atoms in total. The Morgan fingerprint density at radius 3 is 2.59 bits per heavy atom. The minimum absolute atomic E-state index is 0.0188. The molecule has 2 aliphatic rings. The summed E-state index contributed by atoms with van der Waals surface area (Å²) in [6.45, 7) is 1.31. The SMILES string of the molecule is CN1CCc2c(cc(Cl)c(C(=O)N[C@@H](CNC(=O)N[C@@H]3CCc4ccccc43)C(=O)OCc3ccccc3)c2Cl)C1. The van der Waals surface area contributed by atoms with E-state index < -0.39 is 23.9 Å². The summed E-state index contributed by atoms with van der Waals surface area (Å²) >= 11 is 13.2. The number of aryl methyl sites for hydroxylation is 1. The number of halogens is 2. The number of carbonyl (C=O) groups is 3. The van der Waals surface area contributed by atoms with E-state index in [-0.39, 0.29) is 34.8 Å². The number of carbonyl (C=O) groups excluding carboxylic acids is 3. The summed E-state index contributed by atoms with van der Waals surface area (Å²) < 4.78 is 5.51. The lowest BCUT2D eigenvalue weighted by molar-refractivity contribution is -0.147. The molecule has 5 rings (SSSR count). The summed E-state index contributed by atoms with van der Waals surface area (Å²) in [5.74, 6) is -1.31. The van der Waals surface area contributed by atoms with E-state index in [9.17, 15) is 14.4 Å². The third kappa shape index (κ3) is 6.84. The van der Waals surface area contributed by atoms with Crippen molar-refractivity contribution in [1.29, 1.82) is 0 Å². The number of fused-ring (bicyclic) bond motifs is 2. The first kappa shape index (κ1) is 28.9. The van der Waals surface area contributed by atoms with Crippen LogP contribution in [0.4, 0.5) is 4.79 Å². The highest BCUT2D eigenvalue weighted by atomic mass is 35.5. The smallest absolute Gasteiger partial charge is 0.330 e. The normalized spacial score (nSPS) is 16.7. The predicted octanol–water partition coefficient (Wildman–Crippen LogP) is 4.81. The molecule has 0 saturated carbocycles. The number of urea groups is 1. The highest BCUT2D eigenvalue weighted by Gasteiger charge is 2.29. The van der Waals surface area contributed by atoms with Gasteiger partial charge in [0.05, 0.1) is 28.2 Å². The summed E-state index contributed by atoms with van der Waals surface area (Å²) in [7, 11) is 2.01. The lowest BCUT2D eigenvalue weighted by Crippen LogP contribution is -2.51. The fraction of sp³-hybridized carbons (Fsp3) is 0.323. The Balaban J connectivity index is 1.29. The Hall–Kier alpha value is -3.59. The van der Waals surface area contributed by atoms with Crippen LogP contribution in [0.1, 0.15) is 50.6 Å². The molecule has 2 atom stereocenters. The number of ether oxygens (including phenoxy) is 1. The van der Waals surface area contributed by atoms with Crippen molar-refractivity contribution < 1.29 is 19.1 Å². The molecule has 214 valence electrons. The van der Waals surface area contributed by atoms with Gasteiger partial charge in [0.15, 0.2) is 0 Å². The van der Waals surface area contributed by atoms with Crippen molar-refractivity contribution in [2.45, 2.75) is 44.5 Å². The second kappa shape index (κ2) is 12.9. The van der Waals surface area contributed by atoms with Gasteiger partial charge < -0.3 is 25.6 Å². The van der Waals surface area contributed by atoms with Crippen LogP contribution in [0.25, 0.3) is 0 Å². The molecule has 0 unspecified atom stereocenters. The lowest BCUT2D eigenvalue weighted by Gasteiger charge is -2.27. The molecule has 0 saturated heterocycles. The van der Waals surface area contributed by atoms with Crippen molar-refractivity contribution in [3.63, 3.8) is 0 Å². The van der Waals surface area contributed by atoms with E-state index in [1.54, 1.807) is 6.07 Å². The van der Waals surface area contributed by atoms with Crippen molar-refractivity contribution in [3.05, 3.63) is 104 Å². The van der Waals surface area contributed by atoms with Crippen LogP contribution in [0, 0.1) is 0 Å². The molecule has 0 fully saturated rings. The summed E-state index contributed by atoms with van der Waals surface area (Å²) in [5.41, 5.74) is 5.02. The number of nitrogens with zero attached hydrogens (tertiary/aromatic N) is 1. The third-order valence-corrected chi connectivity index (χ3v) is 8.26. The fourth-order valence-electron chi connectivity index (χ4n) is 5.37. The van der Waals surface area contributed by atoms with E-state index >= 15 is 0 Å². The summed E-state index contributed by atoms with van der Waals surface area (Å²) in [6, 6.07) is 17.2. The van der Waals surface area contributed by atoms with Gasteiger partial charge in [-0.05, 0) is 60.2 Å². The Kier molecular flexibility index (Phi) is 9.12. The molecule has 3 aromatic rings. The van der Waals surface area contributed by atoms with Gasteiger partial charge in [0.25, 0.3) is 5.91 Å². The molecule has 1 aliphatic carbocycles. The number of nitrogens with one attached hydrogen (secondary N) is 3. The van der Waals surface area contributed by atoms with Crippen molar-refractivity contribution in [3.8, 4) is 0 Å². The van der Waals surface area contributed by atoms with Crippen LogP contribution in [0.5, 0.6) is 0 Å². The van der Waals surface area contributed by atoms with E-state index in [0.29, 0.717) is 13.0 Å². The predicted molar refractivity (Wildman–Crippen MR) is 158 cm³/mol. The van der Waals surface area contributed by atoms with Gasteiger partial charge in [0, 0.05) is 13.1 Å². The fourth-order valence-corrected chi connectivity index (χ4v) is 6.13. The Morgan fingerprint density at radius 2 is 1.78 bits per heavy atom. The second-order valence-corrected chi connectivity index (χ2v) is 11.2. The van der Waals surface area contributed by atoms with Crippen LogP contribution in [-0.2, 0) is 35.5 Å². The first-order chi connectivity index (χ1) is 19.8. The number of likely N-dealkylation sites (N-methyl/N-ethyl adjacent to an activating group) is 1. The minimum atomic E-state index is -1.18.